The molecular weight excluding hydrogens is 449 g/mol. The summed E-state index contributed by atoms with van der Waals surface area (Å²) >= 11 is 6.00. The molecule has 8 nitrogen and oxygen atoms in total. The Morgan fingerprint density at radius 3 is 2.55 bits per heavy atom. The third kappa shape index (κ3) is 6.84. The highest BCUT2D eigenvalue weighted by molar-refractivity contribution is 6.30. The van der Waals surface area contributed by atoms with Crippen molar-refractivity contribution in [1.82, 2.24) is 25.6 Å². The number of halogens is 2. The molecule has 33 heavy (non-hydrogen) atoms. The molecule has 0 unspecified atom stereocenters. The van der Waals surface area contributed by atoms with E-state index in [1.165, 1.54) is 18.3 Å². The van der Waals surface area contributed by atoms with E-state index < -0.39 is 23.8 Å². The van der Waals surface area contributed by atoms with Crippen LogP contribution < -0.4 is 5.32 Å². The van der Waals surface area contributed by atoms with E-state index in [4.69, 9.17) is 11.6 Å². The highest BCUT2D eigenvalue weighted by Gasteiger charge is 2.25. The number of nitrogens with zero attached hydrogens (tertiary/aromatic N) is 3. The topological polar surface area (TPSA) is 111 Å². The first-order chi connectivity index (χ1) is 15.7. The van der Waals surface area contributed by atoms with Crippen LogP contribution in [-0.4, -0.2) is 64.0 Å². The largest absolute Gasteiger partial charge is 0.481 e. The summed E-state index contributed by atoms with van der Waals surface area (Å²) in [7, 11) is 3.60. The quantitative estimate of drug-likeness (QED) is 0.417. The molecule has 3 rings (SSSR count). The third-order valence-electron chi connectivity index (χ3n) is 5.17. The second kappa shape index (κ2) is 11.0. The van der Waals surface area contributed by atoms with Gasteiger partial charge in [-0.05, 0) is 56.3 Å². The van der Waals surface area contributed by atoms with Crippen LogP contribution in [-0.2, 0) is 11.2 Å². The van der Waals surface area contributed by atoms with Crippen molar-refractivity contribution < 1.29 is 19.1 Å². The summed E-state index contributed by atoms with van der Waals surface area (Å²) in [6, 6.07) is 11.1. The number of carboxylic acids is 1. The summed E-state index contributed by atoms with van der Waals surface area (Å²) in [4.78, 5) is 26.1. The normalized spacial score (nSPS) is 13.0. The van der Waals surface area contributed by atoms with E-state index in [1.807, 2.05) is 12.1 Å². The molecule has 1 amide bonds. The van der Waals surface area contributed by atoms with Gasteiger partial charge >= 0.3 is 5.97 Å². The van der Waals surface area contributed by atoms with Gasteiger partial charge < -0.3 is 15.3 Å². The summed E-state index contributed by atoms with van der Waals surface area (Å²) in [5.41, 5.74) is 2.11. The number of aliphatic carboxylic acids is 1. The van der Waals surface area contributed by atoms with Gasteiger partial charge in [-0.3, -0.25) is 14.7 Å². The summed E-state index contributed by atoms with van der Waals surface area (Å²) < 4.78 is 14.2. The number of amides is 1. The van der Waals surface area contributed by atoms with Gasteiger partial charge in [0, 0.05) is 23.2 Å². The van der Waals surface area contributed by atoms with E-state index >= 15 is 0 Å². The van der Waals surface area contributed by atoms with E-state index in [2.05, 4.69) is 20.7 Å². The van der Waals surface area contributed by atoms with Crippen molar-refractivity contribution in [2.75, 3.05) is 20.6 Å². The fourth-order valence-electron chi connectivity index (χ4n) is 3.63. The van der Waals surface area contributed by atoms with E-state index in [0.717, 1.165) is 5.56 Å². The lowest BCUT2D eigenvalue weighted by atomic mass is 9.93. The minimum Gasteiger partial charge on any atom is -0.481 e. The van der Waals surface area contributed by atoms with Gasteiger partial charge in [0.05, 0.1) is 12.1 Å². The highest BCUT2D eigenvalue weighted by atomic mass is 35.5. The number of rotatable bonds is 10. The van der Waals surface area contributed by atoms with E-state index in [1.54, 1.807) is 37.2 Å². The Balaban J connectivity index is 1.80. The lowest BCUT2D eigenvalue weighted by molar-refractivity contribution is -0.142. The molecule has 10 heteroatoms. The van der Waals surface area contributed by atoms with Gasteiger partial charge in [0.2, 0.25) is 0 Å². The van der Waals surface area contributed by atoms with Crippen LogP contribution in [0.3, 0.4) is 0 Å². The maximum Gasteiger partial charge on any atom is 0.307 e. The first kappa shape index (κ1) is 24.3. The second-order valence-corrected chi connectivity index (χ2v) is 8.54. The van der Waals surface area contributed by atoms with Crippen LogP contribution in [0, 0.1) is 11.7 Å². The van der Waals surface area contributed by atoms with Gasteiger partial charge in [-0.2, -0.15) is 0 Å². The number of hydrogen-bond acceptors (Lipinski definition) is 5. The Labute approximate surface area is 195 Å². The summed E-state index contributed by atoms with van der Waals surface area (Å²) in [5, 5.41) is 22.6. The number of benzene rings is 2. The van der Waals surface area contributed by atoms with Crippen LogP contribution in [0.25, 0.3) is 11.1 Å². The maximum absolute atomic E-state index is 14.2. The zero-order valence-corrected chi connectivity index (χ0v) is 19.0. The summed E-state index contributed by atoms with van der Waals surface area (Å²) in [6.45, 7) is 0.334. The molecule has 0 saturated heterocycles. The molecule has 0 aliphatic carbocycles. The molecule has 2 aromatic carbocycles. The van der Waals surface area contributed by atoms with Crippen LogP contribution in [0.2, 0.25) is 5.02 Å². The van der Waals surface area contributed by atoms with Crippen LogP contribution in [0.15, 0.2) is 48.7 Å². The smallest absolute Gasteiger partial charge is 0.307 e. The van der Waals surface area contributed by atoms with Crippen molar-refractivity contribution in [2.45, 2.75) is 18.9 Å². The average molecular weight is 474 g/mol. The number of carboxylic acid groups (broad SMARTS) is 1. The summed E-state index contributed by atoms with van der Waals surface area (Å²) in [6.07, 6.45) is 1.92. The van der Waals surface area contributed by atoms with Crippen molar-refractivity contribution in [1.29, 1.82) is 0 Å². The Morgan fingerprint density at radius 1 is 1.21 bits per heavy atom. The highest BCUT2D eigenvalue weighted by Crippen LogP contribution is 2.26. The molecule has 3 aromatic rings. The van der Waals surface area contributed by atoms with E-state index in [9.17, 15) is 19.1 Å². The maximum atomic E-state index is 14.2. The average Bonchev–Trinajstić information content (AvgIpc) is 3.30. The Hall–Kier alpha value is -3.30. The van der Waals surface area contributed by atoms with Gasteiger partial charge in [0.1, 0.15) is 11.5 Å². The van der Waals surface area contributed by atoms with E-state index in [-0.39, 0.29) is 17.9 Å². The first-order valence-corrected chi connectivity index (χ1v) is 10.7. The molecule has 3 N–H and O–H groups in total. The van der Waals surface area contributed by atoms with Crippen molar-refractivity contribution in [3.05, 3.63) is 70.8 Å². The molecule has 0 spiro atoms. The number of aromatic nitrogens is 3. The van der Waals surface area contributed by atoms with Crippen molar-refractivity contribution in [3.63, 3.8) is 0 Å². The van der Waals surface area contributed by atoms with Crippen LogP contribution in [0.4, 0.5) is 4.39 Å². The zero-order valence-electron chi connectivity index (χ0n) is 18.3. The SMILES string of the molecule is CN(C)C[C@H](C[C@@H](Cc1ccc(-c2cc(Cl)ccc2F)cc1)NC(=O)c1cnn[nH]1)C(=O)O. The molecule has 2 atom stereocenters. The monoisotopic (exact) mass is 473 g/mol. The minimum atomic E-state index is -0.932. The molecule has 1 aromatic heterocycles. The molecule has 0 radical (unpaired) electrons. The molecule has 0 saturated carbocycles. The predicted molar refractivity (Wildman–Crippen MR) is 122 cm³/mol. The molecular formula is C23H25ClFN5O3. The molecule has 1 heterocycles. The Kier molecular flexibility index (Phi) is 8.13. The Morgan fingerprint density at radius 2 is 1.94 bits per heavy atom. The number of carbonyl (C=O) groups excluding carboxylic acids is 1. The first-order valence-electron chi connectivity index (χ1n) is 10.3. The third-order valence-corrected chi connectivity index (χ3v) is 5.41. The van der Waals surface area contributed by atoms with Crippen LogP contribution >= 0.6 is 11.6 Å². The fourth-order valence-corrected chi connectivity index (χ4v) is 3.80. The number of H-pyrrole nitrogens is 1. The predicted octanol–water partition coefficient (Wildman–Crippen LogP) is 3.26. The standard InChI is InChI=1S/C23H25ClFN5O3/c1-30(2)13-16(23(32)33)10-18(27-22(31)21-12-26-29-28-21)9-14-3-5-15(6-4-14)19-11-17(24)7-8-20(19)25/h3-8,11-12,16,18H,9-10,13H2,1-2H3,(H,27,31)(H,32,33)(H,26,28,29)/t16-,18+/m0/s1. The van der Waals surface area contributed by atoms with Crippen molar-refractivity contribution in [2.24, 2.45) is 5.92 Å². The zero-order chi connectivity index (χ0) is 24.0. The second-order valence-electron chi connectivity index (χ2n) is 8.10. The van der Waals surface area contributed by atoms with Gasteiger partial charge in [-0.25, -0.2) is 4.39 Å². The van der Waals surface area contributed by atoms with Gasteiger partial charge in [-0.15, -0.1) is 5.10 Å². The number of aromatic amines is 1. The summed E-state index contributed by atoms with van der Waals surface area (Å²) in [5.74, 6) is -2.40. The Bertz CT molecular complexity index is 1090. The van der Waals surface area contributed by atoms with Crippen LogP contribution in [0.1, 0.15) is 22.5 Å². The molecule has 0 bridgehead atoms. The molecule has 0 fully saturated rings. The molecule has 174 valence electrons. The van der Waals surface area contributed by atoms with Crippen molar-refractivity contribution >= 4 is 23.5 Å². The number of nitrogens with one attached hydrogen (secondary N) is 2. The molecule has 0 aliphatic rings. The van der Waals surface area contributed by atoms with E-state index in [0.29, 0.717) is 29.1 Å². The van der Waals surface area contributed by atoms with Gasteiger partial charge in [0.15, 0.2) is 0 Å². The fraction of sp³-hybridized carbons (Fsp3) is 0.304. The lowest BCUT2D eigenvalue weighted by Crippen LogP contribution is -2.41. The minimum absolute atomic E-state index is 0.186. The van der Waals surface area contributed by atoms with Crippen molar-refractivity contribution in [3.8, 4) is 11.1 Å². The number of hydrogen-bond donors (Lipinski definition) is 3. The number of carbonyl (C=O) groups is 2. The van der Waals surface area contributed by atoms with Gasteiger partial charge in [-0.1, -0.05) is 41.1 Å². The van der Waals surface area contributed by atoms with Gasteiger partial charge in [0.25, 0.3) is 5.91 Å². The lowest BCUT2D eigenvalue weighted by Gasteiger charge is -2.24. The molecule has 0 aliphatic heterocycles. The van der Waals surface area contributed by atoms with Crippen LogP contribution in [0.5, 0.6) is 0 Å².